The Morgan fingerprint density at radius 2 is 1.82 bits per heavy atom. The normalized spacial score (nSPS) is 21.1. The molecule has 7 heteroatoms. The number of hydrogen-bond acceptors (Lipinski definition) is 4. The number of benzene rings is 1. The minimum atomic E-state index is -1.15. The first-order valence-corrected chi connectivity index (χ1v) is 9.89. The second-order valence-electron chi connectivity index (χ2n) is 8.41. The van der Waals surface area contributed by atoms with Gasteiger partial charge in [-0.25, -0.2) is 4.79 Å². The maximum Gasteiger partial charge on any atom is 0.325 e. The number of rotatable bonds is 6. The predicted octanol–water partition coefficient (Wildman–Crippen LogP) is 2.36. The third-order valence-corrected chi connectivity index (χ3v) is 5.07. The van der Waals surface area contributed by atoms with Crippen LogP contribution in [0.2, 0.25) is 0 Å². The van der Waals surface area contributed by atoms with Crippen LogP contribution in [0.3, 0.4) is 0 Å². The van der Waals surface area contributed by atoms with E-state index in [4.69, 9.17) is 4.74 Å². The number of amides is 4. The number of nitrogens with zero attached hydrogens (tertiary/aromatic N) is 2. The number of para-hydroxylation sites is 1. The number of ether oxygens (including phenoxy) is 1. The van der Waals surface area contributed by atoms with E-state index in [-0.39, 0.29) is 18.4 Å². The first-order chi connectivity index (χ1) is 13.2. The highest BCUT2D eigenvalue weighted by molar-refractivity contribution is 6.09. The Kier molecular flexibility index (Phi) is 5.63. The van der Waals surface area contributed by atoms with Crippen molar-refractivity contribution in [3.05, 3.63) is 29.8 Å². The minimum absolute atomic E-state index is 0.205. The van der Waals surface area contributed by atoms with E-state index in [2.05, 4.69) is 5.32 Å². The number of carbonyl (C=O) groups is 3. The van der Waals surface area contributed by atoms with E-state index in [9.17, 15) is 14.4 Å². The average molecular weight is 387 g/mol. The fraction of sp³-hybridized carbons (Fsp3) is 0.571. The van der Waals surface area contributed by atoms with Crippen molar-refractivity contribution in [3.8, 4) is 5.75 Å². The van der Waals surface area contributed by atoms with Crippen LogP contribution >= 0.6 is 0 Å². The Morgan fingerprint density at radius 3 is 2.46 bits per heavy atom. The molecule has 152 valence electrons. The van der Waals surface area contributed by atoms with Crippen LogP contribution in [-0.4, -0.2) is 53.9 Å². The molecule has 3 rings (SSSR count). The van der Waals surface area contributed by atoms with Crippen LogP contribution in [0.25, 0.3) is 0 Å². The van der Waals surface area contributed by atoms with Gasteiger partial charge in [-0.1, -0.05) is 45.9 Å². The third-order valence-electron chi connectivity index (χ3n) is 5.07. The molecule has 7 nitrogen and oxygen atoms in total. The predicted molar refractivity (Wildman–Crippen MR) is 105 cm³/mol. The third kappa shape index (κ3) is 3.70. The molecule has 28 heavy (non-hydrogen) atoms. The van der Waals surface area contributed by atoms with Gasteiger partial charge in [0, 0.05) is 25.1 Å². The number of carbonyl (C=O) groups excluding carboxylic acids is 3. The molecule has 1 atom stereocenters. The topological polar surface area (TPSA) is 79.0 Å². The lowest BCUT2D eigenvalue weighted by Crippen LogP contribution is -2.48. The van der Waals surface area contributed by atoms with Gasteiger partial charge in [0.25, 0.3) is 5.91 Å². The molecule has 0 bridgehead atoms. The molecular weight excluding hydrogens is 358 g/mol. The molecule has 2 heterocycles. The van der Waals surface area contributed by atoms with Gasteiger partial charge in [-0.3, -0.25) is 14.5 Å². The first-order valence-electron chi connectivity index (χ1n) is 9.89. The summed E-state index contributed by atoms with van der Waals surface area (Å²) in [5.74, 6) is 0.620. The quantitative estimate of drug-likeness (QED) is 0.760. The standard InChI is InChI=1S/C21H29N3O4/c1-14(2)11-23(12-15(3)4)18(25)13-24-19(26)21(22-20(24)27)9-10-28-17-8-6-5-7-16(17)21/h5-8,14-15H,9-13H2,1-4H3,(H,22,27)/t21-/m0/s1. The smallest absolute Gasteiger partial charge is 0.325 e. The van der Waals surface area contributed by atoms with E-state index in [0.717, 1.165) is 4.90 Å². The second kappa shape index (κ2) is 7.81. The Morgan fingerprint density at radius 1 is 1.18 bits per heavy atom. The minimum Gasteiger partial charge on any atom is -0.493 e. The van der Waals surface area contributed by atoms with Gasteiger partial charge < -0.3 is 15.0 Å². The van der Waals surface area contributed by atoms with Crippen LogP contribution in [0.1, 0.15) is 39.7 Å². The van der Waals surface area contributed by atoms with Crippen LogP contribution in [0, 0.1) is 11.8 Å². The maximum absolute atomic E-state index is 13.3. The van der Waals surface area contributed by atoms with Crippen molar-refractivity contribution in [2.75, 3.05) is 26.2 Å². The Bertz CT molecular complexity index is 767. The van der Waals surface area contributed by atoms with Gasteiger partial charge in [-0.15, -0.1) is 0 Å². The molecule has 1 fully saturated rings. The zero-order valence-electron chi connectivity index (χ0n) is 17.0. The molecule has 1 aromatic carbocycles. The zero-order valence-corrected chi connectivity index (χ0v) is 17.0. The summed E-state index contributed by atoms with van der Waals surface area (Å²) in [5, 5.41) is 2.84. The van der Waals surface area contributed by atoms with E-state index in [0.29, 0.717) is 49.3 Å². The molecule has 1 N–H and O–H groups in total. The van der Waals surface area contributed by atoms with Gasteiger partial charge in [-0.05, 0) is 17.9 Å². The Balaban J connectivity index is 1.82. The van der Waals surface area contributed by atoms with E-state index < -0.39 is 11.6 Å². The van der Waals surface area contributed by atoms with Gasteiger partial charge >= 0.3 is 6.03 Å². The summed E-state index contributed by atoms with van der Waals surface area (Å²) in [7, 11) is 0. The zero-order chi connectivity index (χ0) is 20.5. The second-order valence-corrected chi connectivity index (χ2v) is 8.41. The van der Waals surface area contributed by atoms with Crippen LogP contribution in [0.15, 0.2) is 24.3 Å². The summed E-state index contributed by atoms with van der Waals surface area (Å²) in [4.78, 5) is 41.6. The van der Waals surface area contributed by atoms with Crippen molar-refractivity contribution < 1.29 is 19.1 Å². The highest BCUT2D eigenvalue weighted by Gasteiger charge is 2.55. The summed E-state index contributed by atoms with van der Waals surface area (Å²) in [6.45, 7) is 9.46. The maximum atomic E-state index is 13.3. The number of fused-ring (bicyclic) bond motifs is 2. The Labute approximate surface area is 166 Å². The monoisotopic (exact) mass is 387 g/mol. The van der Waals surface area contributed by atoms with Crippen molar-refractivity contribution in [2.24, 2.45) is 11.8 Å². The molecule has 0 saturated carbocycles. The first kappa shape index (κ1) is 20.2. The molecule has 1 spiro atoms. The van der Waals surface area contributed by atoms with Crippen LogP contribution < -0.4 is 10.1 Å². The van der Waals surface area contributed by atoms with E-state index in [1.54, 1.807) is 17.0 Å². The molecule has 0 aliphatic carbocycles. The van der Waals surface area contributed by atoms with Crippen LogP contribution in [-0.2, 0) is 15.1 Å². The largest absolute Gasteiger partial charge is 0.493 e. The van der Waals surface area contributed by atoms with Crippen LogP contribution in [0.4, 0.5) is 4.79 Å². The molecular formula is C21H29N3O4. The summed E-state index contributed by atoms with van der Waals surface area (Å²) in [5.41, 5.74) is -0.497. The van der Waals surface area contributed by atoms with Crippen molar-refractivity contribution in [2.45, 2.75) is 39.7 Å². The summed E-state index contributed by atoms with van der Waals surface area (Å²) < 4.78 is 5.64. The lowest BCUT2D eigenvalue weighted by molar-refractivity contribution is -0.140. The van der Waals surface area contributed by atoms with Crippen molar-refractivity contribution in [1.29, 1.82) is 0 Å². The van der Waals surface area contributed by atoms with Gasteiger partial charge in [-0.2, -0.15) is 0 Å². The molecule has 0 unspecified atom stereocenters. The summed E-state index contributed by atoms with van der Waals surface area (Å²) in [6.07, 6.45) is 0.348. The average Bonchev–Trinajstić information content (AvgIpc) is 2.85. The Hall–Kier alpha value is -2.57. The molecule has 2 aliphatic rings. The highest BCUT2D eigenvalue weighted by Crippen LogP contribution is 2.40. The van der Waals surface area contributed by atoms with Crippen LogP contribution in [0.5, 0.6) is 5.75 Å². The molecule has 1 saturated heterocycles. The van der Waals surface area contributed by atoms with Gasteiger partial charge in [0.1, 0.15) is 12.3 Å². The molecule has 0 aromatic heterocycles. The van der Waals surface area contributed by atoms with Crippen molar-refractivity contribution in [1.82, 2.24) is 15.1 Å². The molecule has 1 aromatic rings. The van der Waals surface area contributed by atoms with Crippen molar-refractivity contribution >= 4 is 17.8 Å². The lowest BCUT2D eigenvalue weighted by atomic mass is 9.84. The van der Waals surface area contributed by atoms with E-state index >= 15 is 0 Å². The van der Waals surface area contributed by atoms with Gasteiger partial charge in [0.2, 0.25) is 5.91 Å². The summed E-state index contributed by atoms with van der Waals surface area (Å²) >= 11 is 0. The number of hydrogen-bond donors (Lipinski definition) is 1. The van der Waals surface area contributed by atoms with E-state index in [1.807, 2.05) is 39.8 Å². The highest BCUT2D eigenvalue weighted by atomic mass is 16.5. The number of urea groups is 1. The lowest BCUT2D eigenvalue weighted by Gasteiger charge is -2.33. The molecule has 4 amide bonds. The fourth-order valence-corrected chi connectivity index (χ4v) is 3.91. The summed E-state index contributed by atoms with van der Waals surface area (Å²) in [6, 6.07) is 6.70. The van der Waals surface area contributed by atoms with Crippen molar-refractivity contribution in [3.63, 3.8) is 0 Å². The number of nitrogens with one attached hydrogen (secondary N) is 1. The fourth-order valence-electron chi connectivity index (χ4n) is 3.91. The van der Waals surface area contributed by atoms with Gasteiger partial charge in [0.05, 0.1) is 6.61 Å². The molecule has 0 radical (unpaired) electrons. The number of imide groups is 1. The SMILES string of the molecule is CC(C)CN(CC(C)C)C(=O)CN1C(=O)N[C@]2(CCOc3ccccc32)C1=O. The molecule has 2 aliphatic heterocycles. The van der Waals surface area contributed by atoms with Gasteiger partial charge in [0.15, 0.2) is 5.54 Å². The van der Waals surface area contributed by atoms with E-state index in [1.165, 1.54) is 0 Å².